The van der Waals surface area contributed by atoms with Crippen molar-refractivity contribution in [3.63, 3.8) is 0 Å². The molecule has 0 unspecified atom stereocenters. The number of pyridine rings is 1. The van der Waals surface area contributed by atoms with Crippen molar-refractivity contribution in [3.05, 3.63) is 36.5 Å². The molecule has 0 amide bonds. The van der Waals surface area contributed by atoms with Crippen molar-refractivity contribution in [1.29, 1.82) is 0 Å². The molecule has 0 N–H and O–H groups in total. The molecule has 0 aliphatic heterocycles. The number of ether oxygens (including phenoxy) is 1. The predicted molar refractivity (Wildman–Crippen MR) is 45.5 cm³/mol. The van der Waals surface area contributed by atoms with Crippen LogP contribution >= 0.6 is 0 Å². The SMILES string of the molecule is C=CC(=O)Oc1cccc(C=O)n1. The van der Waals surface area contributed by atoms with Gasteiger partial charge in [-0.2, -0.15) is 0 Å². The average Bonchev–Trinajstić information content (AvgIpc) is 2.18. The Morgan fingerprint density at radius 3 is 2.92 bits per heavy atom. The maximum Gasteiger partial charge on any atom is 0.336 e. The van der Waals surface area contributed by atoms with Crippen LogP contribution in [0.1, 0.15) is 10.5 Å². The summed E-state index contributed by atoms with van der Waals surface area (Å²) in [5.74, 6) is -0.509. The Bertz CT molecular complexity index is 346. The molecule has 1 heterocycles. The number of aromatic nitrogens is 1. The van der Waals surface area contributed by atoms with Crippen LogP contribution in [0.15, 0.2) is 30.9 Å². The minimum Gasteiger partial charge on any atom is -0.404 e. The number of carbonyl (C=O) groups is 2. The number of esters is 1. The number of hydrogen-bond acceptors (Lipinski definition) is 4. The summed E-state index contributed by atoms with van der Waals surface area (Å²) in [7, 11) is 0. The van der Waals surface area contributed by atoms with Gasteiger partial charge in [0.05, 0.1) is 0 Å². The molecule has 4 nitrogen and oxygen atoms in total. The van der Waals surface area contributed by atoms with E-state index in [0.717, 1.165) is 6.08 Å². The summed E-state index contributed by atoms with van der Waals surface area (Å²) >= 11 is 0. The van der Waals surface area contributed by atoms with Gasteiger partial charge < -0.3 is 4.74 Å². The average molecular weight is 177 g/mol. The standard InChI is InChI=1S/C9H7NO3/c1-2-9(12)13-8-5-3-4-7(6-11)10-8/h2-6H,1H2. The molecule has 4 heteroatoms. The zero-order valence-electron chi connectivity index (χ0n) is 6.77. The van der Waals surface area contributed by atoms with Gasteiger partial charge >= 0.3 is 5.97 Å². The first kappa shape index (κ1) is 9.12. The lowest BCUT2D eigenvalue weighted by Crippen LogP contribution is -2.05. The van der Waals surface area contributed by atoms with E-state index < -0.39 is 5.97 Å². The molecule has 0 atom stereocenters. The maximum absolute atomic E-state index is 10.7. The second-order valence-corrected chi connectivity index (χ2v) is 2.14. The van der Waals surface area contributed by atoms with E-state index in [4.69, 9.17) is 0 Å². The fraction of sp³-hybridized carbons (Fsp3) is 0. The molecular formula is C9H7NO3. The van der Waals surface area contributed by atoms with Gasteiger partial charge in [-0.3, -0.25) is 4.79 Å². The van der Waals surface area contributed by atoms with Crippen LogP contribution in [0.3, 0.4) is 0 Å². The molecule has 1 aromatic rings. The molecular weight excluding hydrogens is 170 g/mol. The van der Waals surface area contributed by atoms with Crippen LogP contribution in [0, 0.1) is 0 Å². The summed E-state index contributed by atoms with van der Waals surface area (Å²) in [4.78, 5) is 24.7. The van der Waals surface area contributed by atoms with Crippen molar-refractivity contribution in [3.8, 4) is 5.88 Å². The van der Waals surface area contributed by atoms with Crippen LogP contribution in [0.2, 0.25) is 0 Å². The Balaban J connectivity index is 2.83. The summed E-state index contributed by atoms with van der Waals surface area (Å²) in [6.45, 7) is 3.23. The van der Waals surface area contributed by atoms with E-state index >= 15 is 0 Å². The molecule has 0 aliphatic rings. The second kappa shape index (κ2) is 4.15. The Kier molecular flexibility index (Phi) is 2.92. The Labute approximate surface area is 74.9 Å². The summed E-state index contributed by atoms with van der Waals surface area (Å²) < 4.78 is 4.68. The van der Waals surface area contributed by atoms with Gasteiger partial charge in [0.2, 0.25) is 5.88 Å². The Morgan fingerprint density at radius 2 is 2.31 bits per heavy atom. The predicted octanol–water partition coefficient (Wildman–Crippen LogP) is 0.985. The Hall–Kier alpha value is -1.97. The van der Waals surface area contributed by atoms with Crippen molar-refractivity contribution in [2.75, 3.05) is 0 Å². The number of aldehydes is 1. The lowest BCUT2D eigenvalue weighted by molar-refractivity contribution is -0.129. The molecule has 0 bridgehead atoms. The number of rotatable bonds is 3. The third-order valence-corrected chi connectivity index (χ3v) is 1.24. The first-order chi connectivity index (χ1) is 6.26. The van der Waals surface area contributed by atoms with Crippen LogP contribution in [-0.2, 0) is 4.79 Å². The van der Waals surface area contributed by atoms with Gasteiger partial charge in [-0.25, -0.2) is 9.78 Å². The van der Waals surface area contributed by atoms with Gasteiger partial charge in [0.1, 0.15) is 5.69 Å². The van der Waals surface area contributed by atoms with Crippen molar-refractivity contribution in [2.45, 2.75) is 0 Å². The first-order valence-corrected chi connectivity index (χ1v) is 3.52. The zero-order chi connectivity index (χ0) is 9.68. The van der Waals surface area contributed by atoms with Crippen LogP contribution in [0.25, 0.3) is 0 Å². The second-order valence-electron chi connectivity index (χ2n) is 2.14. The van der Waals surface area contributed by atoms with Crippen LogP contribution < -0.4 is 4.74 Å². The van der Waals surface area contributed by atoms with Gasteiger partial charge in [0.15, 0.2) is 6.29 Å². The minimum atomic E-state index is -0.601. The highest BCUT2D eigenvalue weighted by molar-refractivity contribution is 5.83. The number of hydrogen-bond donors (Lipinski definition) is 0. The third-order valence-electron chi connectivity index (χ3n) is 1.24. The van der Waals surface area contributed by atoms with E-state index in [0.29, 0.717) is 6.29 Å². The number of nitrogens with zero attached hydrogens (tertiary/aromatic N) is 1. The molecule has 13 heavy (non-hydrogen) atoms. The maximum atomic E-state index is 10.7. The molecule has 0 aromatic carbocycles. The monoisotopic (exact) mass is 177 g/mol. The van der Waals surface area contributed by atoms with Gasteiger partial charge in [0.25, 0.3) is 0 Å². The number of carbonyl (C=O) groups excluding carboxylic acids is 2. The van der Waals surface area contributed by atoms with E-state index in [9.17, 15) is 9.59 Å². The molecule has 0 saturated heterocycles. The topological polar surface area (TPSA) is 56.3 Å². The van der Waals surface area contributed by atoms with Gasteiger partial charge in [-0.1, -0.05) is 12.6 Å². The fourth-order valence-corrected chi connectivity index (χ4v) is 0.698. The summed E-state index contributed by atoms with van der Waals surface area (Å²) in [5, 5.41) is 0. The lowest BCUT2D eigenvalue weighted by atomic mass is 10.4. The van der Waals surface area contributed by atoms with Gasteiger partial charge in [-0.05, 0) is 6.07 Å². The van der Waals surface area contributed by atoms with E-state index in [1.54, 1.807) is 6.07 Å². The zero-order valence-corrected chi connectivity index (χ0v) is 6.77. The van der Waals surface area contributed by atoms with Crippen molar-refractivity contribution >= 4 is 12.3 Å². The van der Waals surface area contributed by atoms with Crippen molar-refractivity contribution in [2.24, 2.45) is 0 Å². The third kappa shape index (κ3) is 2.52. The molecule has 0 radical (unpaired) electrons. The quantitative estimate of drug-likeness (QED) is 0.392. The molecule has 0 aliphatic carbocycles. The van der Waals surface area contributed by atoms with Crippen molar-refractivity contribution in [1.82, 2.24) is 4.98 Å². The van der Waals surface area contributed by atoms with Crippen LogP contribution in [0.4, 0.5) is 0 Å². The lowest BCUT2D eigenvalue weighted by Gasteiger charge is -1.98. The highest BCUT2D eigenvalue weighted by Gasteiger charge is 2.01. The smallest absolute Gasteiger partial charge is 0.336 e. The van der Waals surface area contributed by atoms with Crippen LogP contribution in [-0.4, -0.2) is 17.2 Å². The summed E-state index contributed by atoms with van der Waals surface area (Å²) in [6, 6.07) is 4.56. The van der Waals surface area contributed by atoms with Gasteiger partial charge in [0, 0.05) is 12.1 Å². The summed E-state index contributed by atoms with van der Waals surface area (Å²) in [6.07, 6.45) is 1.60. The van der Waals surface area contributed by atoms with Crippen molar-refractivity contribution < 1.29 is 14.3 Å². The van der Waals surface area contributed by atoms with E-state index in [1.807, 2.05) is 0 Å². The molecule has 1 rings (SSSR count). The van der Waals surface area contributed by atoms with Crippen LogP contribution in [0.5, 0.6) is 5.88 Å². The van der Waals surface area contributed by atoms with E-state index in [-0.39, 0.29) is 11.6 Å². The molecule has 1 aromatic heterocycles. The molecule has 0 fully saturated rings. The normalized spacial score (nSPS) is 8.92. The first-order valence-electron chi connectivity index (χ1n) is 3.52. The molecule has 0 spiro atoms. The van der Waals surface area contributed by atoms with Gasteiger partial charge in [-0.15, -0.1) is 0 Å². The molecule has 0 saturated carbocycles. The highest BCUT2D eigenvalue weighted by Crippen LogP contribution is 2.06. The van der Waals surface area contributed by atoms with E-state index in [1.165, 1.54) is 12.1 Å². The summed E-state index contributed by atoms with van der Waals surface area (Å²) in [5.41, 5.74) is 0.217. The molecule has 66 valence electrons. The largest absolute Gasteiger partial charge is 0.404 e. The van der Waals surface area contributed by atoms with E-state index in [2.05, 4.69) is 16.3 Å². The fourth-order valence-electron chi connectivity index (χ4n) is 0.698. The minimum absolute atomic E-state index is 0.0921. The Morgan fingerprint density at radius 1 is 1.54 bits per heavy atom. The highest BCUT2D eigenvalue weighted by atomic mass is 16.5.